The molecule has 0 radical (unpaired) electrons. The van der Waals surface area contributed by atoms with Gasteiger partial charge in [-0.1, -0.05) is 12.2 Å². The molecule has 0 aromatic heterocycles. The molecule has 0 aliphatic heterocycles. The first-order valence-electron chi connectivity index (χ1n) is 3.05. The fourth-order valence-electron chi connectivity index (χ4n) is 0.447. The van der Waals surface area contributed by atoms with Crippen LogP contribution in [0, 0.1) is 0 Å². The third-order valence-electron chi connectivity index (χ3n) is 1.13. The predicted octanol–water partition coefficient (Wildman–Crippen LogP) is 2.21. The van der Waals surface area contributed by atoms with Gasteiger partial charge < -0.3 is 4.74 Å². The van der Waals surface area contributed by atoms with Crippen LogP contribution in [-0.2, 0) is 4.74 Å². The van der Waals surface area contributed by atoms with Crippen LogP contribution in [0.25, 0.3) is 0 Å². The van der Waals surface area contributed by atoms with E-state index in [0.717, 1.165) is 6.42 Å². The molecule has 2 heteroatoms. The highest BCUT2D eigenvalue weighted by molar-refractivity contribution is 6.18. The number of allylic oxidation sites excluding steroid dienone is 1. The maximum absolute atomic E-state index is 5.40. The standard InChI is InChI=1S/C7H13ClO/c1-7(9-2)5-3-4-6-8/h3-4,7H,5-6H2,1-2H3/b4-3+. The van der Waals surface area contributed by atoms with Crippen LogP contribution in [0.15, 0.2) is 12.2 Å². The molecule has 0 aliphatic carbocycles. The molecule has 0 saturated carbocycles. The topological polar surface area (TPSA) is 9.23 Å². The largest absolute Gasteiger partial charge is 0.381 e. The second-order valence-corrected chi connectivity index (χ2v) is 2.22. The minimum Gasteiger partial charge on any atom is -0.381 e. The van der Waals surface area contributed by atoms with Crippen molar-refractivity contribution in [2.24, 2.45) is 0 Å². The molecule has 0 aromatic carbocycles. The molecule has 9 heavy (non-hydrogen) atoms. The Bertz CT molecular complexity index is 81.0. The second-order valence-electron chi connectivity index (χ2n) is 1.91. The number of alkyl halides is 1. The Morgan fingerprint density at radius 3 is 2.67 bits per heavy atom. The van der Waals surface area contributed by atoms with Gasteiger partial charge in [0, 0.05) is 13.0 Å². The van der Waals surface area contributed by atoms with Crippen molar-refractivity contribution in [2.75, 3.05) is 13.0 Å². The Labute approximate surface area is 61.7 Å². The van der Waals surface area contributed by atoms with Crippen LogP contribution < -0.4 is 0 Å². The SMILES string of the molecule is COC(C)C/C=C/CCl. The Hall–Kier alpha value is -0.0100. The summed E-state index contributed by atoms with van der Waals surface area (Å²) in [5.74, 6) is 0.594. The molecule has 0 fully saturated rings. The average Bonchev–Trinajstić information content (AvgIpc) is 1.89. The second kappa shape index (κ2) is 6.12. The Morgan fingerprint density at radius 1 is 1.56 bits per heavy atom. The van der Waals surface area contributed by atoms with E-state index in [9.17, 15) is 0 Å². The summed E-state index contributed by atoms with van der Waals surface area (Å²) in [6.07, 6.45) is 5.21. The molecule has 0 amide bonds. The molecule has 0 heterocycles. The highest BCUT2D eigenvalue weighted by Crippen LogP contribution is 1.95. The van der Waals surface area contributed by atoms with E-state index >= 15 is 0 Å². The van der Waals surface area contributed by atoms with E-state index in [4.69, 9.17) is 16.3 Å². The first-order valence-corrected chi connectivity index (χ1v) is 3.58. The number of rotatable bonds is 4. The van der Waals surface area contributed by atoms with Gasteiger partial charge in [-0.25, -0.2) is 0 Å². The lowest BCUT2D eigenvalue weighted by molar-refractivity contribution is 0.121. The van der Waals surface area contributed by atoms with Gasteiger partial charge in [-0.3, -0.25) is 0 Å². The van der Waals surface area contributed by atoms with E-state index < -0.39 is 0 Å². The molecule has 0 saturated heterocycles. The van der Waals surface area contributed by atoms with Crippen LogP contribution in [0.3, 0.4) is 0 Å². The minimum absolute atomic E-state index is 0.310. The van der Waals surface area contributed by atoms with Gasteiger partial charge >= 0.3 is 0 Å². The van der Waals surface area contributed by atoms with E-state index in [-0.39, 0.29) is 0 Å². The first kappa shape index (κ1) is 8.99. The van der Waals surface area contributed by atoms with E-state index in [1.165, 1.54) is 0 Å². The molecule has 0 rings (SSSR count). The molecule has 1 unspecified atom stereocenters. The van der Waals surface area contributed by atoms with Crippen LogP contribution in [-0.4, -0.2) is 19.1 Å². The summed E-state index contributed by atoms with van der Waals surface area (Å²) in [7, 11) is 1.71. The average molecular weight is 149 g/mol. The molecule has 1 atom stereocenters. The lowest BCUT2D eigenvalue weighted by Crippen LogP contribution is -2.01. The number of halogens is 1. The third-order valence-corrected chi connectivity index (χ3v) is 1.30. The zero-order valence-electron chi connectivity index (χ0n) is 5.93. The van der Waals surface area contributed by atoms with Crippen LogP contribution in [0.2, 0.25) is 0 Å². The summed E-state index contributed by atoms with van der Waals surface area (Å²) < 4.78 is 5.00. The van der Waals surface area contributed by atoms with E-state index in [1.54, 1.807) is 7.11 Å². The molecular weight excluding hydrogens is 136 g/mol. The highest BCUT2D eigenvalue weighted by Gasteiger charge is 1.92. The molecule has 54 valence electrons. The molecule has 1 nitrogen and oxygen atoms in total. The Morgan fingerprint density at radius 2 is 2.22 bits per heavy atom. The van der Waals surface area contributed by atoms with E-state index in [2.05, 4.69) is 0 Å². The van der Waals surface area contributed by atoms with Crippen molar-refractivity contribution in [3.63, 3.8) is 0 Å². The van der Waals surface area contributed by atoms with Crippen molar-refractivity contribution in [2.45, 2.75) is 19.4 Å². The monoisotopic (exact) mass is 148 g/mol. The summed E-state index contributed by atoms with van der Waals surface area (Å²) in [6.45, 7) is 2.03. The van der Waals surface area contributed by atoms with Gasteiger partial charge in [-0.05, 0) is 13.3 Å². The fraction of sp³-hybridized carbons (Fsp3) is 0.714. The molecule has 0 N–H and O–H groups in total. The maximum atomic E-state index is 5.40. The molecule has 0 bridgehead atoms. The van der Waals surface area contributed by atoms with Crippen LogP contribution >= 0.6 is 11.6 Å². The van der Waals surface area contributed by atoms with Crippen molar-refractivity contribution in [1.82, 2.24) is 0 Å². The summed E-state index contributed by atoms with van der Waals surface area (Å²) in [6, 6.07) is 0. The highest BCUT2D eigenvalue weighted by atomic mass is 35.5. The van der Waals surface area contributed by atoms with Gasteiger partial charge in [0.2, 0.25) is 0 Å². The summed E-state index contributed by atoms with van der Waals surface area (Å²) in [5.41, 5.74) is 0. The number of ether oxygens (including phenoxy) is 1. The van der Waals surface area contributed by atoms with Gasteiger partial charge in [0.25, 0.3) is 0 Å². The zero-order chi connectivity index (χ0) is 7.11. The van der Waals surface area contributed by atoms with Gasteiger partial charge in [-0.2, -0.15) is 0 Å². The van der Waals surface area contributed by atoms with Crippen molar-refractivity contribution in [3.8, 4) is 0 Å². The zero-order valence-corrected chi connectivity index (χ0v) is 6.69. The van der Waals surface area contributed by atoms with Crippen molar-refractivity contribution >= 4 is 11.6 Å². The van der Waals surface area contributed by atoms with Gasteiger partial charge in [-0.15, -0.1) is 11.6 Å². The van der Waals surface area contributed by atoms with E-state index in [1.807, 2.05) is 19.1 Å². The van der Waals surface area contributed by atoms with Crippen molar-refractivity contribution < 1.29 is 4.74 Å². The minimum atomic E-state index is 0.310. The van der Waals surface area contributed by atoms with Crippen LogP contribution in [0.5, 0.6) is 0 Å². The third kappa shape index (κ3) is 5.87. The van der Waals surface area contributed by atoms with Crippen LogP contribution in [0.4, 0.5) is 0 Å². The molecule has 0 aromatic rings. The lowest BCUT2D eigenvalue weighted by Gasteiger charge is -2.03. The maximum Gasteiger partial charge on any atom is 0.0577 e. The van der Waals surface area contributed by atoms with Gasteiger partial charge in [0.05, 0.1) is 6.10 Å². The smallest absolute Gasteiger partial charge is 0.0577 e. The number of hydrogen-bond acceptors (Lipinski definition) is 1. The fourth-order valence-corrected chi connectivity index (χ4v) is 0.573. The number of methoxy groups -OCH3 is 1. The molecular formula is C7H13ClO. The quantitative estimate of drug-likeness (QED) is 0.439. The van der Waals surface area contributed by atoms with Crippen LogP contribution in [0.1, 0.15) is 13.3 Å². The van der Waals surface area contributed by atoms with Crippen molar-refractivity contribution in [1.29, 1.82) is 0 Å². The molecule has 0 spiro atoms. The summed E-state index contributed by atoms with van der Waals surface area (Å²) in [5, 5.41) is 0. The molecule has 0 aliphatic rings. The Balaban J connectivity index is 3.15. The van der Waals surface area contributed by atoms with Gasteiger partial charge in [0.15, 0.2) is 0 Å². The summed E-state index contributed by atoms with van der Waals surface area (Å²) in [4.78, 5) is 0. The van der Waals surface area contributed by atoms with E-state index in [0.29, 0.717) is 12.0 Å². The number of hydrogen-bond donors (Lipinski definition) is 0. The Kier molecular flexibility index (Phi) is 6.11. The lowest BCUT2D eigenvalue weighted by atomic mass is 10.3. The summed E-state index contributed by atoms with van der Waals surface area (Å²) >= 11 is 5.40. The van der Waals surface area contributed by atoms with Gasteiger partial charge in [0.1, 0.15) is 0 Å². The van der Waals surface area contributed by atoms with Crippen molar-refractivity contribution in [3.05, 3.63) is 12.2 Å². The normalized spacial score (nSPS) is 14.6. The first-order chi connectivity index (χ1) is 4.31. The predicted molar refractivity (Wildman–Crippen MR) is 40.9 cm³/mol.